The minimum absolute atomic E-state index is 0.00404. The van der Waals surface area contributed by atoms with Crippen molar-refractivity contribution in [2.24, 2.45) is 0 Å². The van der Waals surface area contributed by atoms with E-state index in [0.717, 1.165) is 16.2 Å². The van der Waals surface area contributed by atoms with Gasteiger partial charge in [0.15, 0.2) is 10.8 Å². The average Bonchev–Trinajstić information content (AvgIpc) is 3.53. The van der Waals surface area contributed by atoms with Crippen LogP contribution in [0.3, 0.4) is 0 Å². The van der Waals surface area contributed by atoms with Gasteiger partial charge in [-0.3, -0.25) is 9.59 Å². The zero-order valence-electron chi connectivity index (χ0n) is 21.9. The van der Waals surface area contributed by atoms with Crippen LogP contribution in [0.1, 0.15) is 40.5 Å². The van der Waals surface area contributed by atoms with Crippen molar-refractivity contribution < 1.29 is 37.8 Å². The van der Waals surface area contributed by atoms with Crippen LogP contribution in [0.4, 0.5) is 14.3 Å². The molecule has 1 aromatic heterocycles. The zero-order chi connectivity index (χ0) is 28.8. The summed E-state index contributed by atoms with van der Waals surface area (Å²) >= 11 is 0.981. The molecule has 4 amide bonds. The Hall–Kier alpha value is -4.36. The normalized spacial score (nSPS) is 16.3. The van der Waals surface area contributed by atoms with Gasteiger partial charge in [-0.05, 0) is 35.4 Å². The summed E-state index contributed by atoms with van der Waals surface area (Å²) < 4.78 is 28.8. The van der Waals surface area contributed by atoms with Crippen LogP contribution in [0, 0.1) is 5.82 Å². The Morgan fingerprint density at radius 1 is 1.10 bits per heavy atom. The first-order chi connectivity index (χ1) is 19.2. The van der Waals surface area contributed by atoms with E-state index in [4.69, 9.17) is 9.47 Å². The number of urea groups is 1. The second-order valence-corrected chi connectivity index (χ2v) is 9.66. The Kier molecular flexibility index (Phi) is 9.07. The number of imide groups is 1. The summed E-state index contributed by atoms with van der Waals surface area (Å²) in [6, 6.07) is 8.93. The fourth-order valence-corrected chi connectivity index (χ4v) is 4.89. The number of amides is 4. The molecular formula is C27H27FN4O7S. The van der Waals surface area contributed by atoms with Crippen LogP contribution in [-0.2, 0) is 19.1 Å². The van der Waals surface area contributed by atoms with E-state index in [9.17, 15) is 23.6 Å². The Labute approximate surface area is 233 Å². The van der Waals surface area contributed by atoms with E-state index < -0.39 is 47.6 Å². The molecule has 2 aromatic carbocycles. The number of hydrogen-bond acceptors (Lipinski definition) is 9. The number of hydrogen-bond donors (Lipinski definition) is 2. The van der Waals surface area contributed by atoms with Gasteiger partial charge in [0.2, 0.25) is 5.91 Å². The Morgan fingerprint density at radius 2 is 1.80 bits per heavy atom. The fraction of sp³-hybridized carbons (Fsp3) is 0.296. The van der Waals surface area contributed by atoms with E-state index in [0.29, 0.717) is 30.1 Å². The molecular weight excluding hydrogens is 543 g/mol. The van der Waals surface area contributed by atoms with Crippen molar-refractivity contribution in [3.63, 3.8) is 0 Å². The molecule has 1 aliphatic rings. The average molecular weight is 571 g/mol. The predicted octanol–water partition coefficient (Wildman–Crippen LogP) is 3.50. The predicted molar refractivity (Wildman–Crippen MR) is 143 cm³/mol. The van der Waals surface area contributed by atoms with Crippen LogP contribution in [-0.4, -0.2) is 67.2 Å². The van der Waals surface area contributed by atoms with E-state index in [-0.39, 0.29) is 10.8 Å². The summed E-state index contributed by atoms with van der Waals surface area (Å²) in [4.78, 5) is 57.1. The van der Waals surface area contributed by atoms with Gasteiger partial charge in [-0.2, -0.15) is 0 Å². The molecule has 1 fully saturated rings. The van der Waals surface area contributed by atoms with Crippen molar-refractivity contribution in [1.82, 2.24) is 15.2 Å². The molecule has 13 heteroatoms. The minimum Gasteiger partial charge on any atom is -0.491 e. The van der Waals surface area contributed by atoms with Crippen LogP contribution in [0.5, 0.6) is 5.75 Å². The highest BCUT2D eigenvalue weighted by molar-refractivity contribution is 7.14. The highest BCUT2D eigenvalue weighted by Gasteiger charge is 2.47. The lowest BCUT2D eigenvalue weighted by Gasteiger charge is -2.29. The molecule has 0 unspecified atom stereocenters. The van der Waals surface area contributed by atoms with Gasteiger partial charge < -0.3 is 24.8 Å². The maximum atomic E-state index is 13.6. The number of aromatic nitrogens is 1. The maximum Gasteiger partial charge on any atom is 0.357 e. The van der Waals surface area contributed by atoms with Crippen molar-refractivity contribution in [3.8, 4) is 5.75 Å². The monoisotopic (exact) mass is 570 g/mol. The number of rotatable bonds is 11. The topological polar surface area (TPSA) is 136 Å². The zero-order valence-corrected chi connectivity index (χ0v) is 22.7. The van der Waals surface area contributed by atoms with Gasteiger partial charge in [-0.1, -0.05) is 31.2 Å². The van der Waals surface area contributed by atoms with Gasteiger partial charge in [0.05, 0.1) is 13.7 Å². The number of ether oxygens (including phenoxy) is 3. The molecule has 3 atom stereocenters. The third kappa shape index (κ3) is 6.26. The number of carbonyl (C=O) groups excluding carboxylic acids is 4. The molecule has 4 rings (SSSR count). The summed E-state index contributed by atoms with van der Waals surface area (Å²) in [7, 11) is 2.77. The Balaban J connectivity index is 1.61. The van der Waals surface area contributed by atoms with E-state index in [2.05, 4.69) is 20.4 Å². The number of anilines is 1. The molecule has 0 radical (unpaired) electrons. The number of methoxy groups -OCH3 is 2. The molecule has 3 aromatic rings. The van der Waals surface area contributed by atoms with E-state index in [1.54, 1.807) is 38.3 Å². The fourth-order valence-electron chi connectivity index (χ4n) is 4.21. The molecule has 210 valence electrons. The number of benzene rings is 2. The first-order valence-electron chi connectivity index (χ1n) is 12.2. The molecule has 2 N–H and O–H groups in total. The first kappa shape index (κ1) is 28.6. The smallest absolute Gasteiger partial charge is 0.357 e. The highest BCUT2D eigenvalue weighted by Crippen LogP contribution is 2.32. The molecule has 0 bridgehead atoms. The van der Waals surface area contributed by atoms with Gasteiger partial charge in [-0.15, -0.1) is 11.3 Å². The third-order valence-electron chi connectivity index (χ3n) is 6.29. The van der Waals surface area contributed by atoms with Crippen molar-refractivity contribution in [3.05, 3.63) is 76.5 Å². The third-order valence-corrected chi connectivity index (χ3v) is 7.04. The summed E-state index contributed by atoms with van der Waals surface area (Å²) in [5, 5.41) is 6.73. The standard InChI is InChI=1S/C27H27FN4O7S/c1-15(16-4-8-18(28)9-5-16)22(23(33)31-26-29-20(14-40-26)25(35)38-3)32-24(34)21(30-27(32)36)17-6-10-19(11-7-17)39-13-12-37-2/h4-11,14-15,21-22H,12-13H2,1-3H3,(H,30,36)(H,29,31,33)/t15-,21+,22-/m0/s1. The van der Waals surface area contributed by atoms with Crippen LogP contribution in [0.25, 0.3) is 0 Å². The summed E-state index contributed by atoms with van der Waals surface area (Å²) in [6.45, 7) is 2.41. The first-order valence-corrected chi connectivity index (χ1v) is 13.1. The largest absolute Gasteiger partial charge is 0.491 e. The molecule has 1 aliphatic heterocycles. The van der Waals surface area contributed by atoms with Crippen molar-refractivity contribution in [1.29, 1.82) is 0 Å². The molecule has 0 aliphatic carbocycles. The van der Waals surface area contributed by atoms with Gasteiger partial charge >= 0.3 is 12.0 Å². The van der Waals surface area contributed by atoms with Gasteiger partial charge in [0.25, 0.3) is 5.91 Å². The van der Waals surface area contributed by atoms with Gasteiger partial charge in [0.1, 0.15) is 30.3 Å². The van der Waals surface area contributed by atoms with E-state index in [1.807, 2.05) is 0 Å². The van der Waals surface area contributed by atoms with Crippen molar-refractivity contribution >= 4 is 40.3 Å². The van der Waals surface area contributed by atoms with Crippen molar-refractivity contribution in [2.75, 3.05) is 32.8 Å². The number of esters is 1. The minimum atomic E-state index is -1.33. The summed E-state index contributed by atoms with van der Waals surface area (Å²) in [5.41, 5.74) is 1.02. The van der Waals surface area contributed by atoms with Crippen LogP contribution >= 0.6 is 11.3 Å². The lowest BCUT2D eigenvalue weighted by Crippen LogP contribution is -2.50. The second kappa shape index (κ2) is 12.7. The number of carbonyl (C=O) groups is 4. The van der Waals surface area contributed by atoms with Crippen LogP contribution in [0.2, 0.25) is 0 Å². The summed E-state index contributed by atoms with van der Waals surface area (Å²) in [5.74, 6) is -2.67. The second-order valence-electron chi connectivity index (χ2n) is 8.80. The maximum absolute atomic E-state index is 13.6. The van der Waals surface area contributed by atoms with E-state index in [1.165, 1.54) is 36.8 Å². The number of thiazole rings is 1. The van der Waals surface area contributed by atoms with Gasteiger partial charge in [-0.25, -0.2) is 23.9 Å². The molecule has 11 nitrogen and oxygen atoms in total. The molecule has 40 heavy (non-hydrogen) atoms. The van der Waals surface area contributed by atoms with Crippen molar-refractivity contribution in [2.45, 2.75) is 24.9 Å². The Bertz CT molecular complexity index is 1380. The van der Waals surface area contributed by atoms with Crippen LogP contribution in [0.15, 0.2) is 53.9 Å². The lowest BCUT2D eigenvalue weighted by molar-refractivity contribution is -0.134. The number of nitrogens with one attached hydrogen (secondary N) is 2. The number of nitrogens with zero attached hydrogens (tertiary/aromatic N) is 2. The van der Waals surface area contributed by atoms with Gasteiger partial charge in [0, 0.05) is 18.4 Å². The quantitative estimate of drug-likeness (QED) is 0.203. The Morgan fingerprint density at radius 3 is 2.45 bits per heavy atom. The SMILES string of the molecule is COCCOc1ccc([C@H]2NC(=O)N([C@H](C(=O)Nc3nc(C(=O)OC)cs3)[C@@H](C)c3ccc(F)cc3)C2=O)cc1. The molecule has 0 saturated carbocycles. The van der Waals surface area contributed by atoms with Crippen LogP contribution < -0.4 is 15.4 Å². The molecule has 1 saturated heterocycles. The molecule has 0 spiro atoms. The summed E-state index contributed by atoms with van der Waals surface area (Å²) in [6.07, 6.45) is 0. The lowest BCUT2D eigenvalue weighted by atomic mass is 9.91. The number of halogens is 1. The highest BCUT2D eigenvalue weighted by atomic mass is 32.1. The molecule has 2 heterocycles. The van der Waals surface area contributed by atoms with E-state index >= 15 is 0 Å².